The molecule has 0 heterocycles. The molecule has 142 valence electrons. The number of carbonyl (C=O) groups is 2. The molecule has 2 rings (SSSR count). The number of carboxylic acids is 1. The lowest BCUT2D eigenvalue weighted by Gasteiger charge is -2.09. The molecule has 0 aliphatic carbocycles. The Morgan fingerprint density at radius 1 is 1.19 bits per heavy atom. The van der Waals surface area contributed by atoms with Gasteiger partial charge in [0.15, 0.2) is 0 Å². The molecule has 2 aromatic rings. The van der Waals surface area contributed by atoms with Gasteiger partial charge < -0.3 is 19.9 Å². The lowest BCUT2D eigenvalue weighted by atomic mass is 10.1. The van der Waals surface area contributed by atoms with E-state index in [1.807, 2.05) is 49.4 Å². The minimum atomic E-state index is -1.08. The summed E-state index contributed by atoms with van der Waals surface area (Å²) in [4.78, 5) is 22.3. The van der Waals surface area contributed by atoms with Crippen LogP contribution < -0.4 is 14.8 Å². The first-order valence-electron chi connectivity index (χ1n) is 8.47. The lowest BCUT2D eigenvalue weighted by Crippen LogP contribution is -2.37. The van der Waals surface area contributed by atoms with Gasteiger partial charge in [0, 0.05) is 6.08 Å². The number of hydrogen-bond donors (Lipinski definition) is 2. The lowest BCUT2D eigenvalue weighted by molar-refractivity contribution is -0.140. The molecule has 0 saturated heterocycles. The first-order valence-corrected chi connectivity index (χ1v) is 8.47. The van der Waals surface area contributed by atoms with E-state index in [4.69, 9.17) is 14.6 Å². The van der Waals surface area contributed by atoms with Crippen molar-refractivity contribution in [3.8, 4) is 11.5 Å². The molecule has 6 nitrogen and oxygen atoms in total. The SMILES string of the molecule is COc1cc(COc2ccc(/C=C/C(=O)NC(C)C(=O)O)cc2)ccc1C. The Bertz CT molecular complexity index is 827. The molecule has 0 aliphatic rings. The van der Waals surface area contributed by atoms with E-state index < -0.39 is 17.9 Å². The van der Waals surface area contributed by atoms with Crippen molar-refractivity contribution in [3.63, 3.8) is 0 Å². The van der Waals surface area contributed by atoms with Gasteiger partial charge in [0.05, 0.1) is 7.11 Å². The van der Waals surface area contributed by atoms with E-state index in [-0.39, 0.29) is 0 Å². The number of hydrogen-bond acceptors (Lipinski definition) is 4. The number of nitrogens with one attached hydrogen (secondary N) is 1. The second kappa shape index (κ2) is 9.43. The number of aryl methyl sites for hydroxylation is 1. The van der Waals surface area contributed by atoms with Crippen LogP contribution in [0.4, 0.5) is 0 Å². The van der Waals surface area contributed by atoms with E-state index in [0.717, 1.165) is 22.4 Å². The van der Waals surface area contributed by atoms with E-state index in [0.29, 0.717) is 12.4 Å². The van der Waals surface area contributed by atoms with Crippen LogP contribution in [-0.2, 0) is 16.2 Å². The van der Waals surface area contributed by atoms with Gasteiger partial charge in [-0.2, -0.15) is 0 Å². The Hall–Kier alpha value is -3.28. The molecule has 0 bridgehead atoms. The van der Waals surface area contributed by atoms with E-state index in [1.165, 1.54) is 13.0 Å². The average Bonchev–Trinajstić information content (AvgIpc) is 2.66. The van der Waals surface area contributed by atoms with Crippen molar-refractivity contribution in [2.75, 3.05) is 7.11 Å². The predicted octanol–water partition coefficient (Wildman–Crippen LogP) is 3.19. The molecule has 0 spiro atoms. The molecule has 0 aromatic heterocycles. The van der Waals surface area contributed by atoms with Gasteiger partial charge in [-0.05, 0) is 54.8 Å². The van der Waals surface area contributed by atoms with Crippen molar-refractivity contribution in [2.24, 2.45) is 0 Å². The highest BCUT2D eigenvalue weighted by atomic mass is 16.5. The number of benzene rings is 2. The fraction of sp³-hybridized carbons (Fsp3) is 0.238. The van der Waals surface area contributed by atoms with Gasteiger partial charge in [-0.3, -0.25) is 9.59 Å². The summed E-state index contributed by atoms with van der Waals surface area (Å²) in [5.74, 6) is -0.00860. The van der Waals surface area contributed by atoms with Crippen molar-refractivity contribution in [3.05, 3.63) is 65.2 Å². The zero-order chi connectivity index (χ0) is 19.8. The molecule has 2 N–H and O–H groups in total. The second-order valence-corrected chi connectivity index (χ2v) is 6.06. The maximum Gasteiger partial charge on any atom is 0.325 e. The van der Waals surface area contributed by atoms with Crippen LogP contribution in [0.5, 0.6) is 11.5 Å². The molecule has 0 radical (unpaired) electrons. The smallest absolute Gasteiger partial charge is 0.325 e. The molecule has 0 saturated carbocycles. The first-order chi connectivity index (χ1) is 12.9. The summed E-state index contributed by atoms with van der Waals surface area (Å²) < 4.78 is 11.1. The summed E-state index contributed by atoms with van der Waals surface area (Å²) in [7, 11) is 1.64. The number of carbonyl (C=O) groups excluding carboxylic acids is 1. The van der Waals surface area contributed by atoms with E-state index >= 15 is 0 Å². The van der Waals surface area contributed by atoms with Crippen molar-refractivity contribution in [1.29, 1.82) is 0 Å². The van der Waals surface area contributed by atoms with Crippen LogP contribution in [0.25, 0.3) is 6.08 Å². The topological polar surface area (TPSA) is 84.9 Å². The summed E-state index contributed by atoms with van der Waals surface area (Å²) >= 11 is 0. The zero-order valence-corrected chi connectivity index (χ0v) is 15.6. The van der Waals surface area contributed by atoms with Crippen molar-refractivity contribution < 1.29 is 24.2 Å². The standard InChI is InChI=1S/C21H23NO5/c1-14-4-5-17(12-19(14)26-3)13-27-18-9-6-16(7-10-18)8-11-20(23)22-15(2)21(24)25/h4-12,15H,13H2,1-3H3,(H,22,23)(H,24,25)/b11-8+. The third-order valence-corrected chi connectivity index (χ3v) is 3.91. The number of aliphatic carboxylic acids is 1. The molecule has 0 fully saturated rings. The monoisotopic (exact) mass is 369 g/mol. The molecule has 1 atom stereocenters. The Kier molecular flexibility index (Phi) is 7.00. The highest BCUT2D eigenvalue weighted by Crippen LogP contribution is 2.21. The van der Waals surface area contributed by atoms with Crippen molar-refractivity contribution in [1.82, 2.24) is 5.32 Å². The fourth-order valence-electron chi connectivity index (χ4n) is 2.29. The summed E-state index contributed by atoms with van der Waals surface area (Å²) in [6.45, 7) is 3.81. The minimum Gasteiger partial charge on any atom is -0.496 e. The highest BCUT2D eigenvalue weighted by molar-refractivity contribution is 5.94. The van der Waals surface area contributed by atoms with Crippen LogP contribution in [0.2, 0.25) is 0 Å². The number of amides is 1. The number of ether oxygens (including phenoxy) is 2. The maximum absolute atomic E-state index is 11.6. The highest BCUT2D eigenvalue weighted by Gasteiger charge is 2.11. The Morgan fingerprint density at radius 3 is 2.52 bits per heavy atom. The average molecular weight is 369 g/mol. The Balaban J connectivity index is 1.90. The van der Waals surface area contributed by atoms with E-state index in [9.17, 15) is 9.59 Å². The van der Waals surface area contributed by atoms with Crippen LogP contribution in [0.3, 0.4) is 0 Å². The fourth-order valence-corrected chi connectivity index (χ4v) is 2.29. The van der Waals surface area contributed by atoms with Crippen LogP contribution in [-0.4, -0.2) is 30.1 Å². The third kappa shape index (κ3) is 6.18. The maximum atomic E-state index is 11.6. The molecule has 27 heavy (non-hydrogen) atoms. The third-order valence-electron chi connectivity index (χ3n) is 3.91. The van der Waals surface area contributed by atoms with Crippen LogP contribution in [0.1, 0.15) is 23.6 Å². The van der Waals surface area contributed by atoms with Gasteiger partial charge in [-0.15, -0.1) is 0 Å². The number of rotatable bonds is 8. The van der Waals surface area contributed by atoms with Gasteiger partial charge >= 0.3 is 5.97 Å². The van der Waals surface area contributed by atoms with Crippen LogP contribution in [0, 0.1) is 6.92 Å². The van der Waals surface area contributed by atoms with Crippen molar-refractivity contribution >= 4 is 18.0 Å². The molecule has 1 unspecified atom stereocenters. The molecular weight excluding hydrogens is 346 g/mol. The predicted molar refractivity (Wildman–Crippen MR) is 103 cm³/mol. The van der Waals surface area contributed by atoms with Gasteiger partial charge in [0.2, 0.25) is 5.91 Å². The van der Waals surface area contributed by atoms with E-state index in [2.05, 4.69) is 5.32 Å². The second-order valence-electron chi connectivity index (χ2n) is 6.06. The minimum absolute atomic E-state index is 0.418. The Labute approximate surface area is 158 Å². The number of carboxylic acid groups (broad SMARTS) is 1. The van der Waals surface area contributed by atoms with E-state index in [1.54, 1.807) is 13.2 Å². The van der Waals surface area contributed by atoms with Crippen LogP contribution >= 0.6 is 0 Å². The number of methoxy groups -OCH3 is 1. The molecule has 0 aliphatic heterocycles. The normalized spacial score (nSPS) is 11.8. The van der Waals surface area contributed by atoms with Gasteiger partial charge in [-0.1, -0.05) is 24.3 Å². The summed E-state index contributed by atoms with van der Waals surface area (Å²) in [6, 6.07) is 12.2. The van der Waals surface area contributed by atoms with Crippen molar-refractivity contribution in [2.45, 2.75) is 26.5 Å². The van der Waals surface area contributed by atoms with Gasteiger partial charge in [-0.25, -0.2) is 0 Å². The molecule has 2 aromatic carbocycles. The summed E-state index contributed by atoms with van der Waals surface area (Å²) in [5.41, 5.74) is 2.88. The quantitative estimate of drug-likeness (QED) is 0.698. The largest absolute Gasteiger partial charge is 0.496 e. The zero-order valence-electron chi connectivity index (χ0n) is 15.6. The van der Waals surface area contributed by atoms with Gasteiger partial charge in [0.1, 0.15) is 24.1 Å². The van der Waals surface area contributed by atoms with Gasteiger partial charge in [0.25, 0.3) is 0 Å². The van der Waals surface area contributed by atoms with Crippen LogP contribution in [0.15, 0.2) is 48.5 Å². The Morgan fingerprint density at radius 2 is 1.89 bits per heavy atom. The first kappa shape index (κ1) is 20.0. The summed E-state index contributed by atoms with van der Waals surface area (Å²) in [5, 5.41) is 11.1. The molecule has 1 amide bonds. The summed E-state index contributed by atoms with van der Waals surface area (Å²) in [6.07, 6.45) is 2.91. The molecular formula is C21H23NO5. The molecule has 6 heteroatoms.